The summed E-state index contributed by atoms with van der Waals surface area (Å²) in [5.41, 5.74) is 0.898. The molecule has 0 spiro atoms. The lowest BCUT2D eigenvalue weighted by Gasteiger charge is -2.26. The van der Waals surface area contributed by atoms with Crippen molar-refractivity contribution in [2.24, 2.45) is 0 Å². The molecule has 1 fully saturated rings. The third kappa shape index (κ3) is 4.51. The van der Waals surface area contributed by atoms with Crippen molar-refractivity contribution in [3.8, 4) is 0 Å². The summed E-state index contributed by atoms with van der Waals surface area (Å²) in [5.74, 6) is 0.579. The minimum atomic E-state index is -3.49. The zero-order chi connectivity index (χ0) is 17.9. The SMILES string of the molecule is O=S(=O)(c1cccc(CSc2c(Cl)cccc2Cl)c1)N1CCOCC1. The maximum Gasteiger partial charge on any atom is 0.243 e. The molecule has 1 saturated heterocycles. The van der Waals surface area contributed by atoms with Crippen LogP contribution < -0.4 is 0 Å². The van der Waals surface area contributed by atoms with Gasteiger partial charge in [-0.2, -0.15) is 4.31 Å². The second-order valence-corrected chi connectivity index (χ2v) is 9.24. The van der Waals surface area contributed by atoms with Crippen molar-refractivity contribution in [2.45, 2.75) is 15.5 Å². The molecule has 1 aliphatic rings. The first-order chi connectivity index (χ1) is 12.0. The molecular weight excluding hydrogens is 401 g/mol. The zero-order valence-corrected chi connectivity index (χ0v) is 16.5. The Kier molecular flexibility index (Phi) is 6.30. The molecule has 0 saturated carbocycles. The van der Waals surface area contributed by atoms with Gasteiger partial charge in [0.15, 0.2) is 0 Å². The van der Waals surface area contributed by atoms with E-state index in [0.717, 1.165) is 10.5 Å². The highest BCUT2D eigenvalue weighted by atomic mass is 35.5. The highest BCUT2D eigenvalue weighted by molar-refractivity contribution is 7.98. The molecule has 0 atom stereocenters. The number of sulfonamides is 1. The lowest BCUT2D eigenvalue weighted by Crippen LogP contribution is -2.40. The molecule has 1 heterocycles. The van der Waals surface area contributed by atoms with E-state index in [-0.39, 0.29) is 0 Å². The second kappa shape index (κ2) is 8.29. The molecule has 0 aliphatic carbocycles. The number of ether oxygens (including phenoxy) is 1. The molecule has 1 aliphatic heterocycles. The van der Waals surface area contributed by atoms with E-state index < -0.39 is 10.0 Å². The van der Waals surface area contributed by atoms with Crippen LogP contribution in [-0.2, 0) is 20.5 Å². The number of nitrogens with zero attached hydrogens (tertiary/aromatic N) is 1. The highest BCUT2D eigenvalue weighted by Gasteiger charge is 2.26. The normalized spacial score (nSPS) is 16.1. The van der Waals surface area contributed by atoms with Crippen LogP contribution in [0.4, 0.5) is 0 Å². The van der Waals surface area contributed by atoms with E-state index in [9.17, 15) is 8.42 Å². The van der Waals surface area contributed by atoms with Gasteiger partial charge in [0, 0.05) is 23.7 Å². The topological polar surface area (TPSA) is 46.6 Å². The summed E-state index contributed by atoms with van der Waals surface area (Å²) < 4.78 is 32.2. The average molecular weight is 418 g/mol. The van der Waals surface area contributed by atoms with Crippen LogP contribution in [0.1, 0.15) is 5.56 Å². The number of hydrogen-bond acceptors (Lipinski definition) is 4. The van der Waals surface area contributed by atoms with E-state index in [1.165, 1.54) is 16.1 Å². The van der Waals surface area contributed by atoms with Crippen molar-refractivity contribution < 1.29 is 13.2 Å². The molecule has 0 bridgehead atoms. The molecule has 8 heteroatoms. The van der Waals surface area contributed by atoms with Gasteiger partial charge in [-0.3, -0.25) is 0 Å². The van der Waals surface area contributed by atoms with Crippen LogP contribution in [0.25, 0.3) is 0 Å². The molecule has 0 radical (unpaired) electrons. The average Bonchev–Trinajstić information content (AvgIpc) is 2.62. The first-order valence-corrected chi connectivity index (χ1v) is 10.9. The van der Waals surface area contributed by atoms with Gasteiger partial charge in [0.25, 0.3) is 0 Å². The summed E-state index contributed by atoms with van der Waals surface area (Å²) in [7, 11) is -3.49. The Morgan fingerprint density at radius 2 is 1.68 bits per heavy atom. The Hall–Kier alpha value is -0.760. The van der Waals surface area contributed by atoms with E-state index >= 15 is 0 Å². The first-order valence-electron chi connectivity index (χ1n) is 7.72. The molecule has 2 aromatic carbocycles. The minimum absolute atomic E-state index is 0.303. The third-order valence-electron chi connectivity index (χ3n) is 3.81. The third-order valence-corrected chi connectivity index (χ3v) is 7.76. The van der Waals surface area contributed by atoms with Crippen molar-refractivity contribution in [2.75, 3.05) is 26.3 Å². The number of halogens is 2. The zero-order valence-electron chi connectivity index (χ0n) is 13.3. The van der Waals surface area contributed by atoms with E-state index in [2.05, 4.69) is 0 Å². The Balaban J connectivity index is 1.77. The van der Waals surface area contributed by atoms with Crippen LogP contribution in [0, 0.1) is 0 Å². The molecule has 25 heavy (non-hydrogen) atoms. The van der Waals surface area contributed by atoms with Crippen LogP contribution in [-0.4, -0.2) is 39.0 Å². The Bertz CT molecular complexity index is 832. The van der Waals surface area contributed by atoms with Crippen molar-refractivity contribution in [3.05, 3.63) is 58.1 Å². The van der Waals surface area contributed by atoms with E-state index in [1.807, 2.05) is 6.07 Å². The number of hydrogen-bond donors (Lipinski definition) is 0. The maximum absolute atomic E-state index is 12.7. The van der Waals surface area contributed by atoms with Crippen LogP contribution in [0.5, 0.6) is 0 Å². The molecular formula is C17H17Cl2NO3S2. The molecule has 3 rings (SSSR count). The number of rotatable bonds is 5. The van der Waals surface area contributed by atoms with Crippen molar-refractivity contribution in [1.82, 2.24) is 4.31 Å². The maximum atomic E-state index is 12.7. The summed E-state index contributed by atoms with van der Waals surface area (Å²) in [6.07, 6.45) is 0. The van der Waals surface area contributed by atoms with E-state index in [1.54, 1.807) is 36.4 Å². The molecule has 134 valence electrons. The fourth-order valence-electron chi connectivity index (χ4n) is 2.51. The van der Waals surface area contributed by atoms with E-state index in [0.29, 0.717) is 47.0 Å². The Labute approximate surface area is 162 Å². The fourth-order valence-corrected chi connectivity index (χ4v) is 5.61. The van der Waals surface area contributed by atoms with Crippen LogP contribution in [0.15, 0.2) is 52.3 Å². The fraction of sp³-hybridized carbons (Fsp3) is 0.294. The summed E-state index contributed by atoms with van der Waals surface area (Å²) in [5, 5.41) is 1.18. The van der Waals surface area contributed by atoms with Gasteiger partial charge in [-0.1, -0.05) is 41.4 Å². The quantitative estimate of drug-likeness (QED) is 0.679. The predicted molar refractivity (Wildman–Crippen MR) is 102 cm³/mol. The van der Waals surface area contributed by atoms with Crippen LogP contribution in [0.3, 0.4) is 0 Å². The lowest BCUT2D eigenvalue weighted by molar-refractivity contribution is 0.0730. The Morgan fingerprint density at radius 1 is 1.04 bits per heavy atom. The van der Waals surface area contributed by atoms with Crippen molar-refractivity contribution in [1.29, 1.82) is 0 Å². The van der Waals surface area contributed by atoms with Gasteiger partial charge >= 0.3 is 0 Å². The van der Waals surface area contributed by atoms with Crippen molar-refractivity contribution >= 4 is 45.0 Å². The summed E-state index contributed by atoms with van der Waals surface area (Å²) in [6, 6.07) is 12.4. The van der Waals surface area contributed by atoms with Crippen LogP contribution >= 0.6 is 35.0 Å². The first kappa shape index (κ1) is 19.0. The monoisotopic (exact) mass is 417 g/mol. The van der Waals surface area contributed by atoms with Crippen LogP contribution in [0.2, 0.25) is 10.0 Å². The second-order valence-electron chi connectivity index (χ2n) is 5.50. The van der Waals surface area contributed by atoms with Gasteiger partial charge < -0.3 is 4.74 Å². The predicted octanol–water partition coefficient (Wildman–Crippen LogP) is 4.31. The molecule has 0 N–H and O–H groups in total. The summed E-state index contributed by atoms with van der Waals surface area (Å²) in [4.78, 5) is 1.10. The van der Waals surface area contributed by atoms with Gasteiger partial charge in [-0.15, -0.1) is 11.8 Å². The molecule has 4 nitrogen and oxygen atoms in total. The number of benzene rings is 2. The molecule has 0 unspecified atom stereocenters. The van der Waals surface area contributed by atoms with Gasteiger partial charge in [-0.25, -0.2) is 8.42 Å². The van der Waals surface area contributed by atoms with E-state index in [4.69, 9.17) is 27.9 Å². The standard InChI is InChI=1S/C17H17Cl2NO3S2/c18-15-5-2-6-16(19)17(15)24-12-13-3-1-4-14(11-13)25(21,22)20-7-9-23-10-8-20/h1-6,11H,7-10,12H2. The lowest BCUT2D eigenvalue weighted by atomic mass is 10.2. The van der Waals surface area contributed by atoms with Gasteiger partial charge in [0.2, 0.25) is 10.0 Å². The molecule has 0 amide bonds. The summed E-state index contributed by atoms with van der Waals surface area (Å²) in [6.45, 7) is 1.63. The summed E-state index contributed by atoms with van der Waals surface area (Å²) >= 11 is 13.9. The highest BCUT2D eigenvalue weighted by Crippen LogP contribution is 2.36. The minimum Gasteiger partial charge on any atom is -0.379 e. The number of thioether (sulfide) groups is 1. The smallest absolute Gasteiger partial charge is 0.243 e. The van der Waals surface area contributed by atoms with Gasteiger partial charge in [0.05, 0.1) is 28.2 Å². The van der Waals surface area contributed by atoms with Gasteiger partial charge in [-0.05, 0) is 29.8 Å². The Morgan fingerprint density at radius 3 is 2.36 bits per heavy atom. The van der Waals surface area contributed by atoms with Gasteiger partial charge in [0.1, 0.15) is 0 Å². The molecule has 0 aromatic heterocycles. The number of morpholine rings is 1. The molecule has 2 aromatic rings. The largest absolute Gasteiger partial charge is 0.379 e. The van der Waals surface area contributed by atoms with Crippen molar-refractivity contribution in [3.63, 3.8) is 0 Å².